The van der Waals surface area contributed by atoms with Gasteiger partial charge in [-0.15, -0.1) is 0 Å². The van der Waals surface area contributed by atoms with Gasteiger partial charge in [0.15, 0.2) is 11.6 Å². The monoisotopic (exact) mass is 380 g/mol. The molecule has 3 N–H and O–H groups in total. The van der Waals surface area contributed by atoms with Crippen molar-refractivity contribution in [2.24, 2.45) is 16.5 Å². The van der Waals surface area contributed by atoms with E-state index in [-0.39, 0.29) is 22.1 Å². The summed E-state index contributed by atoms with van der Waals surface area (Å²) in [6, 6.07) is 8.96. The van der Waals surface area contributed by atoms with E-state index in [4.69, 9.17) is 5.14 Å². The molecule has 0 aromatic heterocycles. The average Bonchev–Trinajstić information content (AvgIpc) is 3.10. The van der Waals surface area contributed by atoms with Crippen LogP contribution in [0.25, 0.3) is 0 Å². The Hall–Kier alpha value is -1.99. The molecule has 2 aromatic carbocycles. The summed E-state index contributed by atoms with van der Waals surface area (Å²) in [5.41, 5.74) is 2.28. The summed E-state index contributed by atoms with van der Waals surface area (Å²) in [4.78, 5) is 0.0896. The molecule has 0 bridgehead atoms. The van der Waals surface area contributed by atoms with Gasteiger partial charge in [-0.2, -0.15) is 0 Å². The van der Waals surface area contributed by atoms with Gasteiger partial charge in [-0.05, 0) is 53.5 Å². The second-order valence-corrected chi connectivity index (χ2v) is 9.04. The fraction of sp³-hybridized carbons (Fsp3) is 0.368. The van der Waals surface area contributed by atoms with Gasteiger partial charge in [-0.3, -0.25) is 0 Å². The van der Waals surface area contributed by atoms with Crippen molar-refractivity contribution in [1.82, 2.24) is 0 Å². The second kappa shape index (κ2) is 6.32. The molecule has 0 aliphatic heterocycles. The van der Waals surface area contributed by atoms with Crippen LogP contribution in [0.5, 0.6) is 0 Å². The van der Waals surface area contributed by atoms with Gasteiger partial charge >= 0.3 is 0 Å². The Kier molecular flexibility index (Phi) is 4.56. The third-order valence-corrected chi connectivity index (χ3v) is 6.33. The molecule has 4 nitrogen and oxygen atoms in total. The molecule has 0 amide bonds. The van der Waals surface area contributed by atoms with Crippen LogP contribution in [0.2, 0.25) is 0 Å². The first-order valence-corrected chi connectivity index (χ1v) is 9.88. The summed E-state index contributed by atoms with van der Waals surface area (Å²) in [6.07, 6.45) is 0. The Bertz CT molecular complexity index is 941. The molecule has 2 aromatic rings. The van der Waals surface area contributed by atoms with E-state index in [9.17, 15) is 17.2 Å². The quantitative estimate of drug-likeness (QED) is 0.829. The Morgan fingerprint density at radius 1 is 1.12 bits per heavy atom. The van der Waals surface area contributed by atoms with Crippen molar-refractivity contribution in [1.29, 1.82) is 0 Å². The lowest BCUT2D eigenvalue weighted by Gasteiger charge is -2.11. The summed E-state index contributed by atoms with van der Waals surface area (Å²) in [7, 11) is -3.70. The van der Waals surface area contributed by atoms with Gasteiger partial charge in [0.25, 0.3) is 0 Å². The van der Waals surface area contributed by atoms with E-state index >= 15 is 0 Å². The Labute approximate surface area is 152 Å². The number of aryl methyl sites for hydroxylation is 1. The maximum atomic E-state index is 13.5. The van der Waals surface area contributed by atoms with Crippen molar-refractivity contribution in [3.05, 3.63) is 59.2 Å². The van der Waals surface area contributed by atoms with Gasteiger partial charge in [0.1, 0.15) is 0 Å². The van der Waals surface area contributed by atoms with Crippen LogP contribution >= 0.6 is 0 Å². The van der Waals surface area contributed by atoms with Crippen molar-refractivity contribution >= 4 is 15.7 Å². The highest BCUT2D eigenvalue weighted by molar-refractivity contribution is 7.89. The van der Waals surface area contributed by atoms with Crippen molar-refractivity contribution in [2.45, 2.75) is 31.6 Å². The zero-order valence-electron chi connectivity index (χ0n) is 14.9. The van der Waals surface area contributed by atoms with E-state index in [2.05, 4.69) is 19.2 Å². The predicted molar refractivity (Wildman–Crippen MR) is 97.4 cm³/mol. The van der Waals surface area contributed by atoms with E-state index in [1.54, 1.807) is 19.1 Å². The number of rotatable bonds is 5. The SMILES string of the molecule is Cc1cc(F)c(F)cc1NC[C@H]1[C@H](c2ccc(S(N)(=O)=O)cc2)C1(C)C. The molecule has 0 spiro atoms. The van der Waals surface area contributed by atoms with Crippen LogP contribution in [-0.2, 0) is 10.0 Å². The van der Waals surface area contributed by atoms with Crippen LogP contribution in [0.3, 0.4) is 0 Å². The first-order valence-electron chi connectivity index (χ1n) is 8.34. The molecule has 1 fully saturated rings. The third-order valence-electron chi connectivity index (χ3n) is 5.40. The second-order valence-electron chi connectivity index (χ2n) is 7.48. The minimum absolute atomic E-state index is 0.0165. The lowest BCUT2D eigenvalue weighted by Crippen LogP contribution is -2.12. The Balaban J connectivity index is 1.73. The number of hydrogen-bond donors (Lipinski definition) is 2. The van der Waals surface area contributed by atoms with E-state index in [0.717, 1.165) is 5.56 Å². The van der Waals surface area contributed by atoms with Gasteiger partial charge < -0.3 is 5.32 Å². The highest BCUT2D eigenvalue weighted by Crippen LogP contribution is 2.64. The number of sulfonamides is 1. The lowest BCUT2D eigenvalue weighted by atomic mass is 10.0. The topological polar surface area (TPSA) is 72.2 Å². The molecule has 0 radical (unpaired) electrons. The summed E-state index contributed by atoms with van der Waals surface area (Å²) < 4.78 is 49.4. The van der Waals surface area contributed by atoms with Crippen LogP contribution in [0.15, 0.2) is 41.3 Å². The maximum Gasteiger partial charge on any atom is 0.238 e. The molecule has 7 heteroatoms. The van der Waals surface area contributed by atoms with Crippen molar-refractivity contribution in [2.75, 3.05) is 11.9 Å². The number of anilines is 1. The molecule has 1 aliphatic carbocycles. The predicted octanol–water partition coefficient (Wildman–Crippen LogP) is 3.77. The zero-order chi connectivity index (χ0) is 19.3. The van der Waals surface area contributed by atoms with E-state index in [1.807, 2.05) is 0 Å². The van der Waals surface area contributed by atoms with Gasteiger partial charge in [0.2, 0.25) is 10.0 Å². The molecule has 26 heavy (non-hydrogen) atoms. The number of nitrogens with one attached hydrogen (secondary N) is 1. The molecule has 0 unspecified atom stereocenters. The largest absolute Gasteiger partial charge is 0.384 e. The summed E-state index contributed by atoms with van der Waals surface area (Å²) >= 11 is 0. The molecule has 2 atom stereocenters. The van der Waals surface area contributed by atoms with Crippen LogP contribution in [0.1, 0.15) is 30.9 Å². The Morgan fingerprint density at radius 3 is 2.27 bits per heavy atom. The molecule has 0 heterocycles. The molecule has 3 rings (SSSR count). The molecular weight excluding hydrogens is 358 g/mol. The molecular formula is C19H22F2N2O2S. The minimum atomic E-state index is -3.70. The number of primary sulfonamides is 1. The van der Waals surface area contributed by atoms with Crippen molar-refractivity contribution in [3.8, 4) is 0 Å². The van der Waals surface area contributed by atoms with Crippen molar-refractivity contribution < 1.29 is 17.2 Å². The van der Waals surface area contributed by atoms with Gasteiger partial charge in [-0.25, -0.2) is 22.3 Å². The summed E-state index contributed by atoms with van der Waals surface area (Å²) in [6.45, 7) is 6.61. The number of hydrogen-bond acceptors (Lipinski definition) is 3. The Morgan fingerprint density at radius 2 is 1.69 bits per heavy atom. The number of halogens is 2. The summed E-state index contributed by atoms with van der Waals surface area (Å²) in [5.74, 6) is -1.19. The van der Waals surface area contributed by atoms with Gasteiger partial charge in [0, 0.05) is 18.3 Å². The van der Waals surface area contributed by atoms with Crippen LogP contribution in [0.4, 0.5) is 14.5 Å². The first-order chi connectivity index (χ1) is 12.0. The van der Waals surface area contributed by atoms with Crippen LogP contribution < -0.4 is 10.5 Å². The fourth-order valence-corrected chi connectivity index (χ4v) is 4.22. The van der Waals surface area contributed by atoms with Crippen LogP contribution in [-0.4, -0.2) is 15.0 Å². The zero-order valence-corrected chi connectivity index (χ0v) is 15.7. The van der Waals surface area contributed by atoms with E-state index in [0.29, 0.717) is 17.8 Å². The third kappa shape index (κ3) is 3.46. The number of benzene rings is 2. The molecule has 140 valence electrons. The highest BCUT2D eigenvalue weighted by atomic mass is 32.2. The summed E-state index contributed by atoms with van der Waals surface area (Å²) in [5, 5.41) is 8.34. The standard InChI is InChI=1S/C19H22F2N2O2S/c1-11-8-15(20)16(21)9-17(11)23-10-14-18(19(14,2)3)12-4-6-13(7-5-12)26(22,24)25/h4-9,14,18,23H,10H2,1-3H3,(H2,22,24,25)/t14-,18-/m0/s1. The molecule has 0 saturated heterocycles. The fourth-order valence-electron chi connectivity index (χ4n) is 3.71. The maximum absolute atomic E-state index is 13.5. The lowest BCUT2D eigenvalue weighted by molar-refractivity contribution is 0.508. The van der Waals surface area contributed by atoms with Crippen molar-refractivity contribution in [3.63, 3.8) is 0 Å². The normalized spacial score (nSPS) is 21.5. The van der Waals surface area contributed by atoms with Gasteiger partial charge in [-0.1, -0.05) is 26.0 Å². The van der Waals surface area contributed by atoms with E-state index in [1.165, 1.54) is 24.3 Å². The highest BCUT2D eigenvalue weighted by Gasteiger charge is 2.57. The molecule has 1 aliphatic rings. The number of nitrogens with two attached hydrogens (primary N) is 1. The van der Waals surface area contributed by atoms with Crippen LogP contribution in [0, 0.1) is 29.9 Å². The first kappa shape index (κ1) is 18.8. The van der Waals surface area contributed by atoms with Gasteiger partial charge in [0.05, 0.1) is 4.90 Å². The smallest absolute Gasteiger partial charge is 0.238 e. The average molecular weight is 380 g/mol. The minimum Gasteiger partial charge on any atom is -0.384 e. The molecule has 1 saturated carbocycles. The van der Waals surface area contributed by atoms with E-state index < -0.39 is 21.7 Å².